The van der Waals surface area contributed by atoms with E-state index < -0.39 is 12.1 Å². The summed E-state index contributed by atoms with van der Waals surface area (Å²) in [6.07, 6.45) is -0.912. The minimum absolute atomic E-state index is 0.246. The zero-order chi connectivity index (χ0) is 19.3. The van der Waals surface area contributed by atoms with Crippen LogP contribution in [0.15, 0.2) is 36.4 Å². The molecule has 26 heavy (non-hydrogen) atoms. The van der Waals surface area contributed by atoms with Crippen molar-refractivity contribution < 1.29 is 19.1 Å². The van der Waals surface area contributed by atoms with Gasteiger partial charge in [-0.1, -0.05) is 18.2 Å². The van der Waals surface area contributed by atoms with Crippen molar-refractivity contribution in [1.82, 2.24) is 0 Å². The third-order valence-electron chi connectivity index (χ3n) is 4.09. The van der Waals surface area contributed by atoms with Gasteiger partial charge in [0.1, 0.15) is 5.75 Å². The van der Waals surface area contributed by atoms with Gasteiger partial charge in [-0.05, 0) is 75.1 Å². The first-order valence-electron chi connectivity index (χ1n) is 8.54. The normalized spacial score (nSPS) is 11.6. The van der Waals surface area contributed by atoms with Crippen molar-refractivity contribution in [2.24, 2.45) is 0 Å². The second kappa shape index (κ2) is 8.52. The third kappa shape index (κ3) is 5.34. The third-order valence-corrected chi connectivity index (χ3v) is 4.09. The molecule has 138 valence electrons. The molecule has 0 aliphatic rings. The molecule has 1 N–H and O–H groups in total. The van der Waals surface area contributed by atoms with E-state index in [2.05, 4.69) is 5.32 Å². The van der Waals surface area contributed by atoms with Crippen molar-refractivity contribution in [1.29, 1.82) is 0 Å². The quantitative estimate of drug-likeness (QED) is 0.799. The number of anilines is 1. The Hall–Kier alpha value is -2.82. The standard InChI is InChI=1S/C21H25NO4/c1-13-9-14(2)11-18(10-13)25-12-20(23)26-17(5)21(24)22-19-8-6-7-15(3)16(19)4/h6-11,17H,12H2,1-5H3,(H,22,24)/t17-/m0/s1. The first-order chi connectivity index (χ1) is 12.3. The van der Waals surface area contributed by atoms with Crippen LogP contribution in [0, 0.1) is 27.7 Å². The molecule has 0 saturated heterocycles. The molecule has 0 bridgehead atoms. The van der Waals surface area contributed by atoms with Gasteiger partial charge in [-0.15, -0.1) is 0 Å². The van der Waals surface area contributed by atoms with Crippen molar-refractivity contribution in [3.05, 3.63) is 58.7 Å². The van der Waals surface area contributed by atoms with Gasteiger partial charge in [-0.25, -0.2) is 4.79 Å². The molecule has 2 aromatic rings. The Bertz CT molecular complexity index is 793. The number of carbonyl (C=O) groups is 2. The highest BCUT2D eigenvalue weighted by molar-refractivity contribution is 5.95. The molecule has 0 radical (unpaired) electrons. The number of ether oxygens (including phenoxy) is 2. The summed E-state index contributed by atoms with van der Waals surface area (Å²) < 4.78 is 10.6. The van der Waals surface area contributed by atoms with Crippen molar-refractivity contribution in [3.63, 3.8) is 0 Å². The van der Waals surface area contributed by atoms with E-state index in [0.29, 0.717) is 11.4 Å². The summed E-state index contributed by atoms with van der Waals surface area (Å²) in [5.41, 5.74) is 4.88. The SMILES string of the molecule is Cc1cc(C)cc(OCC(=O)O[C@@H](C)C(=O)Nc2cccc(C)c2C)c1. The molecular weight excluding hydrogens is 330 g/mol. The fraction of sp³-hybridized carbons (Fsp3) is 0.333. The van der Waals surface area contributed by atoms with E-state index in [0.717, 1.165) is 22.3 Å². The fourth-order valence-corrected chi connectivity index (χ4v) is 2.56. The molecule has 1 amide bonds. The topological polar surface area (TPSA) is 64.6 Å². The summed E-state index contributed by atoms with van der Waals surface area (Å²) in [7, 11) is 0. The Labute approximate surface area is 154 Å². The number of carbonyl (C=O) groups excluding carboxylic acids is 2. The second-order valence-corrected chi connectivity index (χ2v) is 6.48. The van der Waals surface area contributed by atoms with Crippen molar-refractivity contribution in [2.45, 2.75) is 40.7 Å². The van der Waals surface area contributed by atoms with Crippen LogP contribution < -0.4 is 10.1 Å². The molecule has 1 atom stereocenters. The van der Waals surface area contributed by atoms with Gasteiger partial charge in [0.2, 0.25) is 0 Å². The summed E-state index contributed by atoms with van der Waals surface area (Å²) >= 11 is 0. The first kappa shape index (κ1) is 19.5. The van der Waals surface area contributed by atoms with Crippen LogP contribution in [0.5, 0.6) is 5.75 Å². The van der Waals surface area contributed by atoms with E-state index in [1.54, 1.807) is 0 Å². The molecule has 0 aliphatic heterocycles. The number of nitrogens with one attached hydrogen (secondary N) is 1. The van der Waals surface area contributed by atoms with Crippen LogP contribution in [0.4, 0.5) is 5.69 Å². The maximum absolute atomic E-state index is 12.2. The number of amides is 1. The van der Waals surface area contributed by atoms with Crippen LogP contribution >= 0.6 is 0 Å². The lowest BCUT2D eigenvalue weighted by Crippen LogP contribution is -2.32. The molecular formula is C21H25NO4. The zero-order valence-electron chi connectivity index (χ0n) is 15.9. The predicted octanol–water partition coefficient (Wildman–Crippen LogP) is 3.87. The van der Waals surface area contributed by atoms with Gasteiger partial charge >= 0.3 is 5.97 Å². The summed E-state index contributed by atoms with van der Waals surface area (Å²) in [5, 5.41) is 2.79. The number of aryl methyl sites for hydroxylation is 3. The predicted molar refractivity (Wildman–Crippen MR) is 102 cm³/mol. The Morgan fingerprint density at radius 2 is 1.69 bits per heavy atom. The van der Waals surface area contributed by atoms with E-state index in [1.807, 2.05) is 64.1 Å². The smallest absolute Gasteiger partial charge is 0.344 e. The molecule has 0 spiro atoms. The van der Waals surface area contributed by atoms with Gasteiger partial charge in [-0.2, -0.15) is 0 Å². The molecule has 0 aromatic heterocycles. The Kier molecular flexibility index (Phi) is 6.39. The van der Waals surface area contributed by atoms with Gasteiger partial charge in [0.15, 0.2) is 12.7 Å². The van der Waals surface area contributed by atoms with E-state index in [-0.39, 0.29) is 12.5 Å². The molecule has 2 rings (SSSR count). The minimum atomic E-state index is -0.912. The maximum Gasteiger partial charge on any atom is 0.344 e. The molecule has 2 aromatic carbocycles. The molecule has 0 unspecified atom stereocenters. The number of hydrogen-bond acceptors (Lipinski definition) is 4. The summed E-state index contributed by atoms with van der Waals surface area (Å²) in [6.45, 7) is 9.10. The molecule has 0 heterocycles. The van der Waals surface area contributed by atoms with Crippen molar-refractivity contribution in [3.8, 4) is 5.75 Å². The van der Waals surface area contributed by atoms with E-state index in [1.165, 1.54) is 6.92 Å². The molecule has 0 aliphatic carbocycles. The van der Waals surface area contributed by atoms with Crippen LogP contribution in [0.3, 0.4) is 0 Å². The van der Waals surface area contributed by atoms with Crippen LogP contribution in [0.25, 0.3) is 0 Å². The van der Waals surface area contributed by atoms with E-state index >= 15 is 0 Å². The average Bonchev–Trinajstić information content (AvgIpc) is 2.56. The minimum Gasteiger partial charge on any atom is -0.482 e. The fourth-order valence-electron chi connectivity index (χ4n) is 2.56. The van der Waals surface area contributed by atoms with Crippen LogP contribution in [0.1, 0.15) is 29.2 Å². The molecule has 5 nitrogen and oxygen atoms in total. The molecule has 5 heteroatoms. The van der Waals surface area contributed by atoms with Gasteiger partial charge in [0.05, 0.1) is 0 Å². The maximum atomic E-state index is 12.2. The average molecular weight is 355 g/mol. The Balaban J connectivity index is 1.87. The summed E-state index contributed by atoms with van der Waals surface area (Å²) in [4.78, 5) is 24.2. The number of rotatable bonds is 6. The summed E-state index contributed by atoms with van der Waals surface area (Å²) in [6, 6.07) is 11.4. The molecule has 0 fully saturated rings. The van der Waals surface area contributed by atoms with E-state index in [9.17, 15) is 9.59 Å². The van der Waals surface area contributed by atoms with Crippen molar-refractivity contribution in [2.75, 3.05) is 11.9 Å². The summed E-state index contributed by atoms with van der Waals surface area (Å²) in [5.74, 6) is -0.363. The lowest BCUT2D eigenvalue weighted by Gasteiger charge is -2.16. The number of esters is 1. The van der Waals surface area contributed by atoms with Gasteiger partial charge in [0, 0.05) is 5.69 Å². The highest BCUT2D eigenvalue weighted by Gasteiger charge is 2.19. The molecule has 0 saturated carbocycles. The lowest BCUT2D eigenvalue weighted by molar-refractivity contribution is -0.155. The van der Waals surface area contributed by atoms with Crippen LogP contribution in [-0.2, 0) is 14.3 Å². The monoisotopic (exact) mass is 355 g/mol. The Morgan fingerprint density at radius 3 is 2.35 bits per heavy atom. The van der Waals surface area contributed by atoms with Crippen molar-refractivity contribution >= 4 is 17.6 Å². The van der Waals surface area contributed by atoms with Crippen LogP contribution in [0.2, 0.25) is 0 Å². The second-order valence-electron chi connectivity index (χ2n) is 6.48. The van der Waals surface area contributed by atoms with Gasteiger partial charge in [-0.3, -0.25) is 4.79 Å². The van der Waals surface area contributed by atoms with Gasteiger partial charge < -0.3 is 14.8 Å². The lowest BCUT2D eigenvalue weighted by atomic mass is 10.1. The number of hydrogen-bond donors (Lipinski definition) is 1. The highest BCUT2D eigenvalue weighted by atomic mass is 16.6. The van der Waals surface area contributed by atoms with E-state index in [4.69, 9.17) is 9.47 Å². The zero-order valence-corrected chi connectivity index (χ0v) is 15.9. The Morgan fingerprint density at radius 1 is 1.04 bits per heavy atom. The number of benzene rings is 2. The van der Waals surface area contributed by atoms with Gasteiger partial charge in [0.25, 0.3) is 5.91 Å². The highest BCUT2D eigenvalue weighted by Crippen LogP contribution is 2.19. The first-order valence-corrected chi connectivity index (χ1v) is 8.54. The van der Waals surface area contributed by atoms with Crippen LogP contribution in [-0.4, -0.2) is 24.6 Å². The largest absolute Gasteiger partial charge is 0.482 e.